The Bertz CT molecular complexity index is 1060. The van der Waals surface area contributed by atoms with Crippen molar-refractivity contribution in [1.82, 2.24) is 4.90 Å². The van der Waals surface area contributed by atoms with Crippen LogP contribution in [0.1, 0.15) is 52.5 Å². The number of halogens is 3. The average molecular weight is 493 g/mol. The Balaban J connectivity index is 1.61. The highest BCUT2D eigenvalue weighted by Gasteiger charge is 2.31. The molecule has 1 aliphatic heterocycles. The summed E-state index contributed by atoms with van der Waals surface area (Å²) < 4.78 is 54.7. The van der Waals surface area contributed by atoms with Gasteiger partial charge in [0.1, 0.15) is 0 Å². The second-order valence-corrected chi connectivity index (χ2v) is 7.90. The van der Waals surface area contributed by atoms with Gasteiger partial charge in [-0.1, -0.05) is 12.1 Å². The summed E-state index contributed by atoms with van der Waals surface area (Å²) in [4.78, 5) is 38.8. The molecule has 0 radical (unpaired) electrons. The fraction of sp³-hybridized carbons (Fsp3) is 0.400. The standard InChI is InChI=1S/C25H26F3NO6/c1-2-33-22-14-18(9-10-21(22)34-16-23(31)29-11-4-3-5-12-29)24(32)35-15-20(30)17-7-6-8-19(13-17)25(26,27)28/h6-10,13-14H,2-5,11-12,15-16H2,1H3. The Hall–Kier alpha value is -3.56. The van der Waals surface area contributed by atoms with Crippen LogP contribution in [-0.4, -0.2) is 55.5 Å². The van der Waals surface area contributed by atoms with E-state index in [1.165, 1.54) is 24.3 Å². The number of Topliss-reactive ketones (excluding diaryl/α,β-unsaturated/α-hetero) is 1. The highest BCUT2D eigenvalue weighted by atomic mass is 19.4. The quantitative estimate of drug-likeness (QED) is 0.377. The number of hydrogen-bond acceptors (Lipinski definition) is 6. The number of ketones is 1. The molecular formula is C25H26F3NO6. The molecule has 0 unspecified atom stereocenters. The van der Waals surface area contributed by atoms with Crippen molar-refractivity contribution >= 4 is 17.7 Å². The number of esters is 1. The Labute approximate surface area is 200 Å². The summed E-state index contributed by atoms with van der Waals surface area (Å²) in [6.45, 7) is 2.50. The van der Waals surface area contributed by atoms with Crippen molar-refractivity contribution in [2.24, 2.45) is 0 Å². The molecule has 0 aromatic heterocycles. The fourth-order valence-electron chi connectivity index (χ4n) is 3.56. The predicted octanol–water partition coefficient (Wildman–Crippen LogP) is 4.54. The molecule has 0 N–H and O–H groups in total. The van der Waals surface area contributed by atoms with Gasteiger partial charge < -0.3 is 19.1 Å². The number of likely N-dealkylation sites (tertiary alicyclic amines) is 1. The molecule has 10 heteroatoms. The first-order chi connectivity index (χ1) is 16.7. The van der Waals surface area contributed by atoms with Crippen molar-refractivity contribution in [3.05, 3.63) is 59.2 Å². The van der Waals surface area contributed by atoms with E-state index in [9.17, 15) is 27.6 Å². The van der Waals surface area contributed by atoms with Crippen LogP contribution in [0.4, 0.5) is 13.2 Å². The SMILES string of the molecule is CCOc1cc(C(=O)OCC(=O)c2cccc(C(F)(F)F)c2)ccc1OCC(=O)N1CCCCC1. The van der Waals surface area contributed by atoms with Crippen LogP contribution in [-0.2, 0) is 15.7 Å². The third-order valence-electron chi connectivity index (χ3n) is 5.39. The first-order valence-corrected chi connectivity index (χ1v) is 11.2. The summed E-state index contributed by atoms with van der Waals surface area (Å²) in [5.41, 5.74) is -1.13. The Morgan fingerprint density at radius 2 is 1.63 bits per heavy atom. The van der Waals surface area contributed by atoms with E-state index in [0.717, 1.165) is 31.4 Å². The van der Waals surface area contributed by atoms with Crippen LogP contribution < -0.4 is 9.47 Å². The number of hydrogen-bond donors (Lipinski definition) is 0. The van der Waals surface area contributed by atoms with Crippen LogP contribution >= 0.6 is 0 Å². The molecule has 35 heavy (non-hydrogen) atoms. The molecule has 1 fully saturated rings. The molecule has 1 saturated heterocycles. The highest BCUT2D eigenvalue weighted by Crippen LogP contribution is 2.30. The first-order valence-electron chi connectivity index (χ1n) is 11.2. The van der Waals surface area contributed by atoms with Gasteiger partial charge in [-0.3, -0.25) is 9.59 Å². The van der Waals surface area contributed by atoms with Crippen LogP contribution in [0.5, 0.6) is 11.5 Å². The van der Waals surface area contributed by atoms with Gasteiger partial charge in [0.25, 0.3) is 5.91 Å². The van der Waals surface area contributed by atoms with Crippen molar-refractivity contribution in [2.45, 2.75) is 32.4 Å². The molecule has 0 aliphatic carbocycles. The van der Waals surface area contributed by atoms with E-state index in [1.54, 1.807) is 11.8 Å². The summed E-state index contributed by atoms with van der Waals surface area (Å²) in [7, 11) is 0. The zero-order chi connectivity index (χ0) is 25.4. The minimum Gasteiger partial charge on any atom is -0.490 e. The average Bonchev–Trinajstić information content (AvgIpc) is 2.86. The van der Waals surface area contributed by atoms with E-state index in [1.807, 2.05) is 0 Å². The van der Waals surface area contributed by atoms with Gasteiger partial charge in [-0.25, -0.2) is 4.79 Å². The zero-order valence-corrected chi connectivity index (χ0v) is 19.2. The maximum atomic E-state index is 12.9. The lowest BCUT2D eigenvalue weighted by Crippen LogP contribution is -2.38. The van der Waals surface area contributed by atoms with Gasteiger partial charge in [0, 0.05) is 18.7 Å². The molecule has 1 heterocycles. The monoisotopic (exact) mass is 493 g/mol. The predicted molar refractivity (Wildman–Crippen MR) is 120 cm³/mol. The van der Waals surface area contributed by atoms with Crippen molar-refractivity contribution in [2.75, 3.05) is 32.9 Å². The van der Waals surface area contributed by atoms with Crippen LogP contribution in [0.25, 0.3) is 0 Å². The van der Waals surface area contributed by atoms with E-state index in [4.69, 9.17) is 14.2 Å². The molecule has 1 amide bonds. The highest BCUT2D eigenvalue weighted by molar-refractivity contribution is 5.99. The number of alkyl halides is 3. The summed E-state index contributed by atoms with van der Waals surface area (Å²) in [6.07, 6.45) is -1.57. The summed E-state index contributed by atoms with van der Waals surface area (Å²) in [5, 5.41) is 0. The smallest absolute Gasteiger partial charge is 0.416 e. The number of carbonyl (C=O) groups excluding carboxylic acids is 3. The van der Waals surface area contributed by atoms with Gasteiger partial charge in [0.2, 0.25) is 0 Å². The number of amides is 1. The molecule has 0 saturated carbocycles. The molecular weight excluding hydrogens is 467 g/mol. The molecule has 0 atom stereocenters. The van der Waals surface area contributed by atoms with E-state index in [2.05, 4.69) is 0 Å². The number of ether oxygens (including phenoxy) is 3. The number of carbonyl (C=O) groups is 3. The number of piperidine rings is 1. The van der Waals surface area contributed by atoms with E-state index in [-0.39, 0.29) is 41.7 Å². The molecule has 3 rings (SSSR count). The number of nitrogens with zero attached hydrogens (tertiary/aromatic N) is 1. The molecule has 0 spiro atoms. The molecule has 7 nitrogen and oxygen atoms in total. The van der Waals surface area contributed by atoms with Crippen LogP contribution in [0.15, 0.2) is 42.5 Å². The van der Waals surface area contributed by atoms with E-state index >= 15 is 0 Å². The maximum absolute atomic E-state index is 12.9. The van der Waals surface area contributed by atoms with Crippen molar-refractivity contribution in [1.29, 1.82) is 0 Å². The van der Waals surface area contributed by atoms with Crippen LogP contribution in [0.2, 0.25) is 0 Å². The summed E-state index contributed by atoms with van der Waals surface area (Å²) in [6, 6.07) is 8.10. The molecule has 0 bridgehead atoms. The molecule has 2 aromatic rings. The minimum absolute atomic E-state index is 0.0556. The van der Waals surface area contributed by atoms with Crippen LogP contribution in [0, 0.1) is 0 Å². The Morgan fingerprint density at radius 3 is 2.31 bits per heavy atom. The molecule has 1 aliphatic rings. The van der Waals surface area contributed by atoms with Gasteiger partial charge in [0.15, 0.2) is 30.5 Å². The van der Waals surface area contributed by atoms with Crippen molar-refractivity contribution < 1.29 is 41.8 Å². The lowest BCUT2D eigenvalue weighted by atomic mass is 10.1. The minimum atomic E-state index is -4.59. The van der Waals surface area contributed by atoms with Gasteiger partial charge in [-0.2, -0.15) is 13.2 Å². The topological polar surface area (TPSA) is 82.1 Å². The Kier molecular flexibility index (Phi) is 8.73. The van der Waals surface area contributed by atoms with Gasteiger partial charge >= 0.3 is 12.1 Å². The van der Waals surface area contributed by atoms with Gasteiger partial charge in [0.05, 0.1) is 17.7 Å². The third-order valence-corrected chi connectivity index (χ3v) is 5.39. The van der Waals surface area contributed by atoms with E-state index < -0.39 is 30.1 Å². The van der Waals surface area contributed by atoms with E-state index in [0.29, 0.717) is 19.2 Å². The van der Waals surface area contributed by atoms with Crippen molar-refractivity contribution in [3.8, 4) is 11.5 Å². The normalized spacial score (nSPS) is 13.8. The molecule has 188 valence electrons. The molecule has 2 aromatic carbocycles. The maximum Gasteiger partial charge on any atom is 0.416 e. The van der Waals surface area contributed by atoms with Gasteiger partial charge in [-0.15, -0.1) is 0 Å². The van der Waals surface area contributed by atoms with Crippen LogP contribution in [0.3, 0.4) is 0 Å². The lowest BCUT2D eigenvalue weighted by Gasteiger charge is -2.26. The first kappa shape index (κ1) is 26.1. The second-order valence-electron chi connectivity index (χ2n) is 7.90. The zero-order valence-electron chi connectivity index (χ0n) is 19.2. The van der Waals surface area contributed by atoms with Gasteiger partial charge in [-0.05, 0) is 56.5 Å². The van der Waals surface area contributed by atoms with Crippen molar-refractivity contribution in [3.63, 3.8) is 0 Å². The fourth-order valence-corrected chi connectivity index (χ4v) is 3.56. The second kappa shape index (κ2) is 11.7. The Morgan fingerprint density at radius 1 is 0.886 bits per heavy atom. The largest absolute Gasteiger partial charge is 0.490 e. The number of benzene rings is 2. The summed E-state index contributed by atoms with van der Waals surface area (Å²) >= 11 is 0. The lowest BCUT2D eigenvalue weighted by molar-refractivity contribution is -0.137. The third kappa shape index (κ3) is 7.21. The summed E-state index contributed by atoms with van der Waals surface area (Å²) in [5.74, 6) is -1.27. The number of rotatable bonds is 9.